The van der Waals surface area contributed by atoms with Gasteiger partial charge in [-0.25, -0.2) is 8.78 Å². The first kappa shape index (κ1) is 22.1. The molecule has 1 fully saturated rings. The maximum absolute atomic E-state index is 13.4. The molecule has 1 saturated heterocycles. The third-order valence-corrected chi connectivity index (χ3v) is 5.75. The van der Waals surface area contributed by atoms with Gasteiger partial charge in [0.1, 0.15) is 11.6 Å². The van der Waals surface area contributed by atoms with Crippen LogP contribution in [0.5, 0.6) is 0 Å². The van der Waals surface area contributed by atoms with E-state index in [4.69, 9.17) is 5.73 Å². The average Bonchev–Trinajstić information content (AvgIpc) is 2.76. The van der Waals surface area contributed by atoms with Crippen molar-refractivity contribution in [1.29, 1.82) is 0 Å². The summed E-state index contributed by atoms with van der Waals surface area (Å²) in [7, 11) is 0. The van der Waals surface area contributed by atoms with Gasteiger partial charge in [0.2, 0.25) is 5.91 Å². The van der Waals surface area contributed by atoms with Gasteiger partial charge in [-0.3, -0.25) is 4.79 Å². The predicted octanol–water partition coefficient (Wildman–Crippen LogP) is 3.89. The molecule has 1 amide bonds. The fourth-order valence-electron chi connectivity index (χ4n) is 4.25. The molecule has 0 aromatic heterocycles. The van der Waals surface area contributed by atoms with E-state index in [2.05, 4.69) is 29.6 Å². The van der Waals surface area contributed by atoms with Gasteiger partial charge in [0.15, 0.2) is 0 Å². The normalized spacial score (nSPS) is 17.4. The number of amides is 1. The molecule has 0 bridgehead atoms. The summed E-state index contributed by atoms with van der Waals surface area (Å²) in [5.41, 5.74) is 10.0. The van der Waals surface area contributed by atoms with Crippen LogP contribution in [-0.4, -0.2) is 36.0 Å². The van der Waals surface area contributed by atoms with Crippen molar-refractivity contribution in [3.05, 3.63) is 95.6 Å². The molecular formula is C26H27F2N3O. The van der Waals surface area contributed by atoms with Gasteiger partial charge in [-0.1, -0.05) is 48.5 Å². The maximum Gasteiger partial charge on any atom is 0.240 e. The van der Waals surface area contributed by atoms with E-state index in [0.717, 1.165) is 22.8 Å². The first-order valence-electron chi connectivity index (χ1n) is 10.8. The van der Waals surface area contributed by atoms with Gasteiger partial charge < -0.3 is 16.0 Å². The van der Waals surface area contributed by atoms with Crippen LogP contribution in [0.25, 0.3) is 11.1 Å². The summed E-state index contributed by atoms with van der Waals surface area (Å²) in [6, 6.07) is 21.0. The number of nitrogens with zero attached hydrogens (tertiary/aromatic N) is 1. The van der Waals surface area contributed by atoms with Gasteiger partial charge in [-0.15, -0.1) is 0 Å². The molecule has 3 N–H and O–H groups in total. The van der Waals surface area contributed by atoms with Crippen LogP contribution in [0.4, 0.5) is 8.78 Å². The van der Waals surface area contributed by atoms with Crippen LogP contribution < -0.4 is 11.1 Å². The Kier molecular flexibility index (Phi) is 6.93. The highest BCUT2D eigenvalue weighted by atomic mass is 19.1. The van der Waals surface area contributed by atoms with Crippen molar-refractivity contribution in [1.82, 2.24) is 10.2 Å². The highest BCUT2D eigenvalue weighted by Crippen LogP contribution is 2.21. The zero-order chi connectivity index (χ0) is 22.5. The summed E-state index contributed by atoms with van der Waals surface area (Å²) in [6.07, 6.45) is 0.705. The number of nitrogens with one attached hydrogen (secondary N) is 1. The third kappa shape index (κ3) is 5.58. The molecule has 1 unspecified atom stereocenters. The molecule has 2 atom stereocenters. The Bertz CT molecular complexity index is 1050. The number of carbonyl (C=O) groups is 1. The Morgan fingerprint density at radius 3 is 2.41 bits per heavy atom. The quantitative estimate of drug-likeness (QED) is 0.592. The molecule has 0 saturated carbocycles. The van der Waals surface area contributed by atoms with E-state index in [1.807, 2.05) is 35.2 Å². The third-order valence-electron chi connectivity index (χ3n) is 5.75. The minimum atomic E-state index is -0.622. The molecule has 1 heterocycles. The van der Waals surface area contributed by atoms with Crippen LogP contribution >= 0.6 is 0 Å². The van der Waals surface area contributed by atoms with E-state index < -0.39 is 17.7 Å². The lowest BCUT2D eigenvalue weighted by atomic mass is 9.97. The number of nitrogens with two attached hydrogens (primary N) is 1. The fraction of sp³-hybridized carbons (Fsp3) is 0.269. The first-order valence-corrected chi connectivity index (χ1v) is 10.8. The summed E-state index contributed by atoms with van der Waals surface area (Å²) in [6.45, 7) is 1.83. The van der Waals surface area contributed by atoms with E-state index in [-0.39, 0.29) is 11.9 Å². The Morgan fingerprint density at radius 1 is 0.938 bits per heavy atom. The second-order valence-electron chi connectivity index (χ2n) is 8.31. The zero-order valence-electron chi connectivity index (χ0n) is 17.8. The van der Waals surface area contributed by atoms with Gasteiger partial charge in [0.05, 0.1) is 6.04 Å². The molecule has 6 heteroatoms. The number of hydrogen-bond donors (Lipinski definition) is 2. The van der Waals surface area contributed by atoms with Crippen molar-refractivity contribution >= 4 is 5.91 Å². The Morgan fingerprint density at radius 2 is 1.66 bits per heavy atom. The van der Waals surface area contributed by atoms with Crippen LogP contribution in [0.2, 0.25) is 0 Å². The van der Waals surface area contributed by atoms with Gasteiger partial charge in [0.25, 0.3) is 0 Å². The first-order chi connectivity index (χ1) is 15.5. The summed E-state index contributed by atoms with van der Waals surface area (Å²) in [4.78, 5) is 14.9. The van der Waals surface area contributed by atoms with E-state index in [1.54, 1.807) is 0 Å². The lowest BCUT2D eigenvalue weighted by Crippen LogP contribution is -2.56. The zero-order valence-corrected chi connectivity index (χ0v) is 17.8. The van der Waals surface area contributed by atoms with Gasteiger partial charge in [-0.05, 0) is 53.3 Å². The van der Waals surface area contributed by atoms with Crippen molar-refractivity contribution in [3.63, 3.8) is 0 Å². The smallest absolute Gasteiger partial charge is 0.240 e. The SMILES string of the molecule is N[C@@H](Cc1cc(F)cc(F)c1)CC1NCCN(Cc2cccc(-c3ccccc3)c2)C1=O. The molecule has 0 aliphatic carbocycles. The molecule has 4 nitrogen and oxygen atoms in total. The minimum absolute atomic E-state index is 0.00207. The highest BCUT2D eigenvalue weighted by molar-refractivity contribution is 5.82. The number of halogens is 2. The molecule has 1 aliphatic heterocycles. The molecule has 0 radical (unpaired) electrons. The number of hydrogen-bond acceptors (Lipinski definition) is 3. The summed E-state index contributed by atoms with van der Waals surface area (Å²) in [5, 5.41) is 3.24. The summed E-state index contributed by atoms with van der Waals surface area (Å²) < 4.78 is 26.9. The predicted molar refractivity (Wildman–Crippen MR) is 122 cm³/mol. The van der Waals surface area contributed by atoms with Crippen LogP contribution in [0.15, 0.2) is 72.8 Å². The molecule has 166 valence electrons. The second kappa shape index (κ2) is 10.0. The average molecular weight is 436 g/mol. The monoisotopic (exact) mass is 435 g/mol. The highest BCUT2D eigenvalue weighted by Gasteiger charge is 2.29. The van der Waals surface area contributed by atoms with Crippen LogP contribution in [0.3, 0.4) is 0 Å². The lowest BCUT2D eigenvalue weighted by Gasteiger charge is -2.34. The van der Waals surface area contributed by atoms with E-state index in [9.17, 15) is 13.6 Å². The number of carbonyl (C=O) groups excluding carboxylic acids is 1. The Balaban J connectivity index is 1.39. The van der Waals surface area contributed by atoms with Crippen LogP contribution in [0.1, 0.15) is 17.5 Å². The van der Waals surface area contributed by atoms with Crippen molar-refractivity contribution in [3.8, 4) is 11.1 Å². The van der Waals surface area contributed by atoms with Crippen molar-refractivity contribution in [2.45, 2.75) is 31.5 Å². The molecule has 1 aliphatic rings. The van der Waals surface area contributed by atoms with Crippen LogP contribution in [-0.2, 0) is 17.8 Å². The molecule has 3 aromatic rings. The van der Waals surface area contributed by atoms with E-state index in [1.165, 1.54) is 12.1 Å². The van der Waals surface area contributed by atoms with Gasteiger partial charge in [0, 0.05) is 31.7 Å². The standard InChI is InChI=1S/C26H27F2N3O/c27-22-12-19(13-23(28)15-22)14-24(29)16-25-26(32)31(10-9-30-25)17-18-5-4-8-21(11-18)20-6-2-1-3-7-20/h1-8,11-13,15,24-25,30H,9-10,14,16-17,29H2/t24-,25?/m0/s1. The number of piperazine rings is 1. The summed E-state index contributed by atoms with van der Waals surface area (Å²) in [5.74, 6) is -1.24. The molecular weight excluding hydrogens is 408 g/mol. The largest absolute Gasteiger partial charge is 0.336 e. The summed E-state index contributed by atoms with van der Waals surface area (Å²) >= 11 is 0. The maximum atomic E-state index is 13.4. The van der Waals surface area contributed by atoms with E-state index >= 15 is 0 Å². The molecule has 0 spiro atoms. The molecule has 4 rings (SSSR count). The number of rotatable bonds is 7. The molecule has 32 heavy (non-hydrogen) atoms. The van der Waals surface area contributed by atoms with Crippen LogP contribution in [0, 0.1) is 11.6 Å². The van der Waals surface area contributed by atoms with Crippen molar-refractivity contribution in [2.24, 2.45) is 5.73 Å². The fourth-order valence-corrected chi connectivity index (χ4v) is 4.25. The molecule has 3 aromatic carbocycles. The Labute approximate surface area is 187 Å². The van der Waals surface area contributed by atoms with E-state index in [0.29, 0.717) is 38.0 Å². The van der Waals surface area contributed by atoms with Crippen molar-refractivity contribution < 1.29 is 13.6 Å². The van der Waals surface area contributed by atoms with Gasteiger partial charge >= 0.3 is 0 Å². The topological polar surface area (TPSA) is 58.4 Å². The number of benzene rings is 3. The second-order valence-corrected chi connectivity index (χ2v) is 8.31. The minimum Gasteiger partial charge on any atom is -0.336 e. The lowest BCUT2D eigenvalue weighted by molar-refractivity contribution is -0.136. The van der Waals surface area contributed by atoms with Gasteiger partial charge in [-0.2, -0.15) is 0 Å². The Hall–Kier alpha value is -3.09. The van der Waals surface area contributed by atoms with Crippen molar-refractivity contribution in [2.75, 3.05) is 13.1 Å².